The van der Waals surface area contributed by atoms with Gasteiger partial charge in [-0.2, -0.15) is 0 Å². The molecule has 0 fully saturated rings. The molecule has 11 heavy (non-hydrogen) atoms. The highest BCUT2D eigenvalue weighted by Gasteiger charge is 2.15. The molecule has 0 aromatic rings. The van der Waals surface area contributed by atoms with Gasteiger partial charge in [0.2, 0.25) is 0 Å². The molecule has 1 nitrogen and oxygen atoms in total. The Labute approximate surface area is 69.6 Å². The van der Waals surface area contributed by atoms with Crippen LogP contribution in [0.1, 0.15) is 13.3 Å². The van der Waals surface area contributed by atoms with E-state index in [9.17, 15) is 0 Å². The van der Waals surface area contributed by atoms with Crippen LogP contribution in [-0.2, 0) is 0 Å². The first-order valence-corrected chi connectivity index (χ1v) is 4.20. The van der Waals surface area contributed by atoms with Crippen LogP contribution in [0.5, 0.6) is 0 Å². The molecule has 0 radical (unpaired) electrons. The van der Waals surface area contributed by atoms with Crippen molar-refractivity contribution in [3.63, 3.8) is 0 Å². The molecule has 0 aromatic carbocycles. The predicted molar refractivity (Wildman–Crippen MR) is 49.0 cm³/mol. The number of nitrogens with zero attached hydrogens (tertiary/aromatic N) is 1. The van der Waals surface area contributed by atoms with Gasteiger partial charge in [-0.1, -0.05) is 13.0 Å². The van der Waals surface area contributed by atoms with E-state index in [1.807, 2.05) is 0 Å². The number of likely N-dealkylation sites (N-methyl/N-ethyl adjacent to an activating group) is 1. The van der Waals surface area contributed by atoms with Crippen LogP contribution in [0, 0.1) is 5.92 Å². The van der Waals surface area contributed by atoms with Crippen molar-refractivity contribution < 1.29 is 4.48 Å². The molecule has 1 aliphatic carbocycles. The van der Waals surface area contributed by atoms with Crippen LogP contribution in [0.3, 0.4) is 0 Å². The van der Waals surface area contributed by atoms with Gasteiger partial charge in [-0.3, -0.25) is 4.48 Å². The van der Waals surface area contributed by atoms with Gasteiger partial charge in [-0.05, 0) is 24.5 Å². The highest BCUT2D eigenvalue weighted by atomic mass is 15.3. The van der Waals surface area contributed by atoms with E-state index < -0.39 is 0 Å². The third-order valence-electron chi connectivity index (χ3n) is 2.07. The van der Waals surface area contributed by atoms with Crippen molar-refractivity contribution >= 4 is 0 Å². The first-order valence-electron chi connectivity index (χ1n) is 4.20. The molecule has 0 aromatic heterocycles. The molecule has 0 N–H and O–H groups in total. The van der Waals surface area contributed by atoms with Gasteiger partial charge in [0.25, 0.3) is 0 Å². The topological polar surface area (TPSA) is 0 Å². The molecule has 0 saturated carbocycles. The fourth-order valence-corrected chi connectivity index (χ4v) is 1.21. The van der Waals surface area contributed by atoms with Gasteiger partial charge in [-0.15, -0.1) is 0 Å². The maximum atomic E-state index is 2.34. The van der Waals surface area contributed by atoms with Crippen LogP contribution in [0.25, 0.3) is 0 Å². The summed E-state index contributed by atoms with van der Waals surface area (Å²) in [7, 11) is 6.60. The lowest BCUT2D eigenvalue weighted by molar-refractivity contribution is -0.828. The van der Waals surface area contributed by atoms with E-state index in [0.29, 0.717) is 0 Å². The fraction of sp³-hybridized carbons (Fsp3) is 0.600. The minimum Gasteiger partial charge on any atom is -0.299 e. The number of hydrogen-bond acceptors (Lipinski definition) is 0. The van der Waals surface area contributed by atoms with E-state index in [4.69, 9.17) is 0 Å². The Hall–Kier alpha value is -0.560. The second-order valence-corrected chi connectivity index (χ2v) is 4.21. The van der Waals surface area contributed by atoms with Crippen LogP contribution >= 0.6 is 0 Å². The highest BCUT2D eigenvalue weighted by molar-refractivity contribution is 5.17. The standard InChI is InChI=1S/C10H18N/c1-9-5-7-10(8-6-9)11(2,3)4/h5,7-9H,6H2,1-4H3/q+1. The first kappa shape index (κ1) is 8.54. The molecule has 1 atom stereocenters. The van der Waals surface area contributed by atoms with Crippen molar-refractivity contribution in [1.29, 1.82) is 0 Å². The molecule has 62 valence electrons. The van der Waals surface area contributed by atoms with Gasteiger partial charge in [-0.25, -0.2) is 0 Å². The molecule has 0 heterocycles. The Morgan fingerprint density at radius 2 is 2.00 bits per heavy atom. The Bertz CT molecular complexity index is 193. The smallest absolute Gasteiger partial charge is 0.127 e. The molecule has 1 rings (SSSR count). The monoisotopic (exact) mass is 152 g/mol. The summed E-state index contributed by atoms with van der Waals surface area (Å²) >= 11 is 0. The summed E-state index contributed by atoms with van der Waals surface area (Å²) in [5, 5.41) is 0. The molecular formula is C10H18N+. The highest BCUT2D eigenvalue weighted by Crippen LogP contribution is 2.19. The molecule has 0 bridgehead atoms. The summed E-state index contributed by atoms with van der Waals surface area (Å²) in [5.74, 6) is 0.727. The zero-order chi connectivity index (χ0) is 8.48. The lowest BCUT2D eigenvalue weighted by atomic mass is 10.0. The van der Waals surface area contributed by atoms with E-state index in [-0.39, 0.29) is 0 Å². The van der Waals surface area contributed by atoms with Gasteiger partial charge in [0, 0.05) is 0 Å². The zero-order valence-electron chi connectivity index (χ0n) is 7.96. The number of hydrogen-bond donors (Lipinski definition) is 0. The van der Waals surface area contributed by atoms with E-state index >= 15 is 0 Å². The maximum Gasteiger partial charge on any atom is 0.127 e. The fourth-order valence-electron chi connectivity index (χ4n) is 1.21. The van der Waals surface area contributed by atoms with Crippen molar-refractivity contribution in [1.82, 2.24) is 0 Å². The van der Waals surface area contributed by atoms with Crippen LogP contribution in [-0.4, -0.2) is 25.6 Å². The SMILES string of the molecule is CC1C=CC([N+](C)(C)C)=CC1. The van der Waals surface area contributed by atoms with Crippen LogP contribution < -0.4 is 0 Å². The largest absolute Gasteiger partial charge is 0.299 e. The molecular weight excluding hydrogens is 134 g/mol. The van der Waals surface area contributed by atoms with Crippen molar-refractivity contribution in [3.8, 4) is 0 Å². The molecule has 1 heteroatoms. The van der Waals surface area contributed by atoms with Gasteiger partial charge in [0.1, 0.15) is 5.70 Å². The van der Waals surface area contributed by atoms with Gasteiger partial charge >= 0.3 is 0 Å². The summed E-state index contributed by atoms with van der Waals surface area (Å²) in [4.78, 5) is 0. The average molecular weight is 152 g/mol. The Balaban J connectivity index is 2.71. The minimum absolute atomic E-state index is 0.727. The molecule has 0 spiro atoms. The van der Waals surface area contributed by atoms with Crippen LogP contribution in [0.4, 0.5) is 0 Å². The van der Waals surface area contributed by atoms with Gasteiger partial charge in [0.05, 0.1) is 21.1 Å². The third kappa shape index (κ3) is 2.19. The Morgan fingerprint density at radius 3 is 2.36 bits per heavy atom. The summed E-state index contributed by atoms with van der Waals surface area (Å²) in [6, 6.07) is 0. The quantitative estimate of drug-likeness (QED) is 0.505. The summed E-state index contributed by atoms with van der Waals surface area (Å²) < 4.78 is 0.934. The predicted octanol–water partition coefficient (Wildman–Crippen LogP) is 2.17. The maximum absolute atomic E-state index is 2.34. The van der Waals surface area contributed by atoms with E-state index in [0.717, 1.165) is 10.4 Å². The molecule has 0 aliphatic heterocycles. The summed E-state index contributed by atoms with van der Waals surface area (Å²) in [5.41, 5.74) is 1.42. The van der Waals surface area contributed by atoms with Crippen LogP contribution in [0.2, 0.25) is 0 Å². The lowest BCUT2D eigenvalue weighted by Crippen LogP contribution is -2.33. The van der Waals surface area contributed by atoms with E-state index in [2.05, 4.69) is 46.3 Å². The second kappa shape index (κ2) is 2.82. The number of allylic oxidation sites excluding steroid dienone is 3. The Morgan fingerprint density at radius 1 is 1.36 bits per heavy atom. The molecule has 1 aliphatic rings. The molecule has 0 amide bonds. The van der Waals surface area contributed by atoms with Gasteiger partial charge < -0.3 is 0 Å². The van der Waals surface area contributed by atoms with Crippen molar-refractivity contribution in [3.05, 3.63) is 23.9 Å². The van der Waals surface area contributed by atoms with Crippen LogP contribution in [0.15, 0.2) is 23.9 Å². The normalized spacial score (nSPS) is 25.1. The summed E-state index contributed by atoms with van der Waals surface area (Å²) in [6.07, 6.45) is 8.07. The van der Waals surface area contributed by atoms with Crippen molar-refractivity contribution in [2.75, 3.05) is 21.1 Å². The van der Waals surface area contributed by atoms with E-state index in [1.54, 1.807) is 0 Å². The average Bonchev–Trinajstić information content (AvgIpc) is 1.86. The zero-order valence-corrected chi connectivity index (χ0v) is 7.96. The minimum atomic E-state index is 0.727. The second-order valence-electron chi connectivity index (χ2n) is 4.21. The number of quaternary nitrogens is 1. The third-order valence-corrected chi connectivity index (χ3v) is 2.07. The molecule has 1 unspecified atom stereocenters. The van der Waals surface area contributed by atoms with Crippen molar-refractivity contribution in [2.45, 2.75) is 13.3 Å². The first-order chi connectivity index (χ1) is 5.00. The van der Waals surface area contributed by atoms with Gasteiger partial charge in [0.15, 0.2) is 0 Å². The van der Waals surface area contributed by atoms with Crippen molar-refractivity contribution in [2.24, 2.45) is 5.92 Å². The van der Waals surface area contributed by atoms with E-state index in [1.165, 1.54) is 12.1 Å². The molecule has 0 saturated heterocycles. The number of rotatable bonds is 1. The lowest BCUT2D eigenvalue weighted by Gasteiger charge is -2.26. The summed E-state index contributed by atoms with van der Waals surface area (Å²) in [6.45, 7) is 2.25. The Kier molecular flexibility index (Phi) is 2.19.